The van der Waals surface area contributed by atoms with Crippen LogP contribution < -0.4 is 0 Å². The zero-order chi connectivity index (χ0) is 12.0. The van der Waals surface area contributed by atoms with Crippen LogP contribution in [0.3, 0.4) is 0 Å². The summed E-state index contributed by atoms with van der Waals surface area (Å²) in [4.78, 5) is 22.3. The summed E-state index contributed by atoms with van der Waals surface area (Å²) >= 11 is 0. The summed E-state index contributed by atoms with van der Waals surface area (Å²) in [6, 6.07) is 0. The van der Waals surface area contributed by atoms with Gasteiger partial charge in [-0.15, -0.1) is 5.10 Å². The number of hydrogen-bond donors (Lipinski definition) is 1. The summed E-state index contributed by atoms with van der Waals surface area (Å²) in [5.74, 6) is -0.340. The van der Waals surface area contributed by atoms with Crippen LogP contribution in [-0.4, -0.2) is 31.9 Å². The summed E-state index contributed by atoms with van der Waals surface area (Å²) in [5, 5.41) is 17.1. The number of nitrogens with zero attached hydrogens (tertiary/aromatic N) is 3. The molecule has 0 amide bonds. The molecule has 2 aliphatic carbocycles. The molecule has 1 heterocycles. The fraction of sp³-hybridized carbons (Fsp3) is 0.636. The number of hydrogen-bond acceptors (Lipinski definition) is 4. The van der Waals surface area contributed by atoms with Crippen LogP contribution in [0.1, 0.15) is 31.4 Å². The number of aromatic nitrogens is 3. The lowest BCUT2D eigenvalue weighted by Crippen LogP contribution is -2.48. The van der Waals surface area contributed by atoms with Crippen LogP contribution in [0.2, 0.25) is 0 Å². The van der Waals surface area contributed by atoms with Gasteiger partial charge >= 0.3 is 5.97 Å². The van der Waals surface area contributed by atoms with Gasteiger partial charge in [0.05, 0.1) is 0 Å². The maximum atomic E-state index is 11.3. The number of carbonyl (C=O) groups is 2. The molecule has 0 bridgehead atoms. The zero-order valence-corrected chi connectivity index (χ0v) is 9.30. The van der Waals surface area contributed by atoms with E-state index in [0.29, 0.717) is 11.6 Å². The lowest BCUT2D eigenvalue weighted by molar-refractivity contribution is -0.153. The van der Waals surface area contributed by atoms with Crippen molar-refractivity contribution in [2.24, 2.45) is 5.92 Å². The highest BCUT2D eigenvalue weighted by Gasteiger charge is 2.53. The van der Waals surface area contributed by atoms with Crippen molar-refractivity contribution in [2.45, 2.75) is 37.6 Å². The molecule has 0 aromatic carbocycles. The van der Waals surface area contributed by atoms with Crippen molar-refractivity contribution in [2.75, 3.05) is 0 Å². The molecule has 2 aliphatic rings. The van der Waals surface area contributed by atoms with E-state index in [2.05, 4.69) is 10.3 Å². The fourth-order valence-corrected chi connectivity index (χ4v) is 2.24. The quantitative estimate of drug-likeness (QED) is 0.815. The second-order valence-corrected chi connectivity index (χ2v) is 5.05. The molecular formula is C11H13N3O3. The van der Waals surface area contributed by atoms with Gasteiger partial charge in [-0.3, -0.25) is 14.3 Å². The molecule has 0 radical (unpaired) electrons. The van der Waals surface area contributed by atoms with E-state index < -0.39 is 11.4 Å². The molecule has 0 aliphatic heterocycles. The van der Waals surface area contributed by atoms with E-state index in [1.165, 1.54) is 12.8 Å². The number of rotatable bonds is 4. The summed E-state index contributed by atoms with van der Waals surface area (Å²) in [7, 11) is 0. The van der Waals surface area contributed by atoms with Gasteiger partial charge in [0.2, 0.25) is 0 Å². The smallest absolute Gasteiger partial charge is 0.316 e. The van der Waals surface area contributed by atoms with Crippen molar-refractivity contribution in [1.29, 1.82) is 0 Å². The molecule has 17 heavy (non-hydrogen) atoms. The van der Waals surface area contributed by atoms with Gasteiger partial charge in [-0.2, -0.15) is 0 Å². The molecule has 3 rings (SSSR count). The average Bonchev–Trinajstić information content (AvgIpc) is 2.90. The Morgan fingerprint density at radius 3 is 2.76 bits per heavy atom. The first-order valence-electron chi connectivity index (χ1n) is 5.76. The van der Waals surface area contributed by atoms with Crippen molar-refractivity contribution < 1.29 is 14.7 Å². The summed E-state index contributed by atoms with van der Waals surface area (Å²) < 4.78 is 1.69. The molecule has 0 saturated heterocycles. The van der Waals surface area contributed by atoms with E-state index in [1.807, 2.05) is 0 Å². The highest BCUT2D eigenvalue weighted by atomic mass is 16.4. The third-order valence-corrected chi connectivity index (χ3v) is 3.58. The molecule has 6 heteroatoms. The summed E-state index contributed by atoms with van der Waals surface area (Å²) in [6.45, 7) is 0.802. The van der Waals surface area contributed by atoms with Crippen molar-refractivity contribution >= 4 is 11.8 Å². The van der Waals surface area contributed by atoms with Crippen molar-refractivity contribution in [3.8, 4) is 0 Å². The topological polar surface area (TPSA) is 85.1 Å². The van der Waals surface area contributed by atoms with Gasteiger partial charge in [-0.25, -0.2) is 0 Å². The molecule has 1 aromatic rings. The van der Waals surface area contributed by atoms with Gasteiger partial charge in [0.15, 0.2) is 0 Å². The molecule has 1 N–H and O–H groups in total. The Kier molecular flexibility index (Phi) is 2.08. The molecular weight excluding hydrogens is 222 g/mol. The molecule has 90 valence electrons. The van der Waals surface area contributed by atoms with Gasteiger partial charge in [0.25, 0.3) is 0 Å². The lowest BCUT2D eigenvalue weighted by atomic mass is 9.66. The molecule has 2 fully saturated rings. The van der Waals surface area contributed by atoms with E-state index in [0.717, 1.165) is 6.54 Å². The lowest BCUT2D eigenvalue weighted by Gasteiger charge is -2.33. The predicted octanol–water partition coefficient (Wildman–Crippen LogP) is 0.373. The second kappa shape index (κ2) is 3.38. The minimum absolute atomic E-state index is 0.0239. The van der Waals surface area contributed by atoms with Gasteiger partial charge in [0, 0.05) is 25.6 Å². The van der Waals surface area contributed by atoms with Crippen LogP contribution in [0.15, 0.2) is 6.20 Å². The first-order chi connectivity index (χ1) is 8.10. The Labute approximate surface area is 97.6 Å². The summed E-state index contributed by atoms with van der Waals surface area (Å²) in [6.07, 6.45) is 4.18. The van der Waals surface area contributed by atoms with E-state index in [9.17, 15) is 14.7 Å². The first-order valence-corrected chi connectivity index (χ1v) is 5.76. The Bertz CT molecular complexity index is 482. The largest absolute Gasteiger partial charge is 0.481 e. The number of carboxylic acid groups (broad SMARTS) is 1. The van der Waals surface area contributed by atoms with E-state index in [1.54, 1.807) is 10.9 Å². The van der Waals surface area contributed by atoms with E-state index >= 15 is 0 Å². The number of aliphatic carboxylic acids is 1. The van der Waals surface area contributed by atoms with E-state index in [-0.39, 0.29) is 18.6 Å². The van der Waals surface area contributed by atoms with E-state index in [4.69, 9.17) is 0 Å². The van der Waals surface area contributed by atoms with Gasteiger partial charge in [0.1, 0.15) is 16.9 Å². The first kappa shape index (κ1) is 10.4. The summed E-state index contributed by atoms with van der Waals surface area (Å²) in [5.41, 5.74) is -0.691. The molecule has 2 saturated carbocycles. The minimum atomic E-state index is -1.11. The van der Waals surface area contributed by atoms with Crippen LogP contribution in [-0.2, 0) is 21.5 Å². The third kappa shape index (κ3) is 1.64. The van der Waals surface area contributed by atoms with Crippen molar-refractivity contribution in [3.63, 3.8) is 0 Å². The highest BCUT2D eigenvalue weighted by molar-refractivity contribution is 6.00. The number of ketones is 1. The standard InChI is InChI=1S/C11H13N3O3/c15-8-3-11(4-8,10(16)17)9-6-14(13-12-9)5-7-1-2-7/h6-7H,1-5H2,(H,16,17). The Balaban J connectivity index is 1.83. The highest BCUT2D eigenvalue weighted by Crippen LogP contribution is 2.40. The van der Waals surface area contributed by atoms with Crippen LogP contribution >= 0.6 is 0 Å². The maximum absolute atomic E-state index is 11.3. The molecule has 1 aromatic heterocycles. The van der Waals surface area contributed by atoms with Crippen LogP contribution in [0.5, 0.6) is 0 Å². The van der Waals surface area contributed by atoms with Gasteiger partial charge in [-0.05, 0) is 18.8 Å². The predicted molar refractivity (Wildman–Crippen MR) is 56.3 cm³/mol. The van der Waals surface area contributed by atoms with Crippen molar-refractivity contribution in [1.82, 2.24) is 15.0 Å². The number of carboxylic acids is 1. The Morgan fingerprint density at radius 2 is 2.24 bits per heavy atom. The molecule has 0 atom stereocenters. The second-order valence-electron chi connectivity index (χ2n) is 5.05. The zero-order valence-electron chi connectivity index (χ0n) is 9.30. The Morgan fingerprint density at radius 1 is 1.53 bits per heavy atom. The monoisotopic (exact) mass is 235 g/mol. The van der Waals surface area contributed by atoms with Crippen LogP contribution in [0.25, 0.3) is 0 Å². The van der Waals surface area contributed by atoms with Crippen LogP contribution in [0.4, 0.5) is 0 Å². The molecule has 0 spiro atoms. The third-order valence-electron chi connectivity index (χ3n) is 3.58. The molecule has 0 unspecified atom stereocenters. The molecule has 6 nitrogen and oxygen atoms in total. The average molecular weight is 235 g/mol. The van der Waals surface area contributed by atoms with Gasteiger partial charge in [-0.1, -0.05) is 5.21 Å². The normalized spacial score (nSPS) is 22.2. The SMILES string of the molecule is O=C1CC(C(=O)O)(c2cn(CC3CC3)nn2)C1. The van der Waals surface area contributed by atoms with Crippen LogP contribution in [0, 0.1) is 5.92 Å². The maximum Gasteiger partial charge on any atom is 0.316 e. The Hall–Kier alpha value is -1.72. The van der Waals surface area contributed by atoms with Crippen molar-refractivity contribution in [3.05, 3.63) is 11.9 Å². The number of Topliss-reactive ketones (excluding diaryl/α,β-unsaturated/α-hetero) is 1. The minimum Gasteiger partial charge on any atom is -0.481 e. The number of carbonyl (C=O) groups excluding carboxylic acids is 1. The fourth-order valence-electron chi connectivity index (χ4n) is 2.24. The van der Waals surface area contributed by atoms with Gasteiger partial charge < -0.3 is 5.11 Å².